The quantitative estimate of drug-likeness (QED) is 0.149. The lowest BCUT2D eigenvalue weighted by Crippen LogP contribution is -2.55. The van der Waals surface area contributed by atoms with Crippen LogP contribution < -0.4 is 0 Å². The third-order valence-electron chi connectivity index (χ3n) is 15.8. The second-order valence-corrected chi connectivity index (χ2v) is 36.9. The van der Waals surface area contributed by atoms with E-state index in [1.165, 1.54) is 37.7 Å². The minimum Gasteiger partial charge on any atom is -0.411 e. The molecular formula is C47H88O4Si3. The zero-order valence-electron chi connectivity index (χ0n) is 39.0. The SMILES string of the molecule is CCC(/C=C/C=C/[C@@H](C)C1CCC2/C(=C/C=C3C[C@H](O[Si](C)(C)C(C)(C)C)C(O)[C@H](O[Si](C)(C)C(C)(C)C)C3)CCCC21C)(CC)O[Si](C)(C)C(C)(C)C. The van der Waals surface area contributed by atoms with Crippen molar-refractivity contribution in [3.63, 3.8) is 0 Å². The molecule has 3 saturated carbocycles. The number of rotatable bonds is 13. The molecule has 54 heavy (non-hydrogen) atoms. The number of aliphatic hydroxyl groups is 1. The van der Waals surface area contributed by atoms with Gasteiger partial charge in [0.15, 0.2) is 25.0 Å². The van der Waals surface area contributed by atoms with E-state index in [1.54, 1.807) is 5.57 Å². The molecule has 312 valence electrons. The Kier molecular flexibility index (Phi) is 15.4. The van der Waals surface area contributed by atoms with Crippen molar-refractivity contribution >= 4 is 25.0 Å². The van der Waals surface area contributed by atoms with E-state index >= 15 is 0 Å². The molecule has 0 amide bonds. The van der Waals surface area contributed by atoms with E-state index in [-0.39, 0.29) is 32.9 Å². The van der Waals surface area contributed by atoms with Crippen molar-refractivity contribution in [3.8, 4) is 0 Å². The first-order valence-electron chi connectivity index (χ1n) is 21.9. The lowest BCUT2D eigenvalue weighted by Gasteiger charge is -2.47. The Morgan fingerprint density at radius 2 is 1.26 bits per heavy atom. The molecule has 0 saturated heterocycles. The summed E-state index contributed by atoms with van der Waals surface area (Å²) in [6.07, 6.45) is 23.2. The van der Waals surface area contributed by atoms with Gasteiger partial charge in [-0.25, -0.2) is 0 Å². The van der Waals surface area contributed by atoms with Crippen LogP contribution in [0, 0.1) is 23.2 Å². The minimum absolute atomic E-state index is 0.0781. The molecule has 0 radical (unpaired) electrons. The van der Waals surface area contributed by atoms with Crippen molar-refractivity contribution in [3.05, 3.63) is 47.6 Å². The van der Waals surface area contributed by atoms with Crippen molar-refractivity contribution in [1.29, 1.82) is 0 Å². The fourth-order valence-corrected chi connectivity index (χ4v) is 13.2. The van der Waals surface area contributed by atoms with E-state index in [1.807, 2.05) is 0 Å². The average molecular weight is 801 g/mol. The number of hydrogen-bond acceptors (Lipinski definition) is 4. The Morgan fingerprint density at radius 1 is 0.759 bits per heavy atom. The predicted octanol–water partition coefficient (Wildman–Crippen LogP) is 14.3. The first kappa shape index (κ1) is 47.8. The summed E-state index contributed by atoms with van der Waals surface area (Å²) in [6, 6.07) is 0. The van der Waals surface area contributed by atoms with Crippen molar-refractivity contribution in [2.24, 2.45) is 23.2 Å². The fraction of sp³-hybridized carbons (Fsp3) is 0.830. The van der Waals surface area contributed by atoms with E-state index < -0.39 is 31.1 Å². The lowest BCUT2D eigenvalue weighted by atomic mass is 9.61. The Hall–Kier alpha value is -0.549. The number of fused-ring (bicyclic) bond motifs is 1. The van der Waals surface area contributed by atoms with Gasteiger partial charge in [0, 0.05) is 0 Å². The maximum atomic E-state index is 11.8. The van der Waals surface area contributed by atoms with Gasteiger partial charge in [-0.05, 0) is 135 Å². The summed E-state index contributed by atoms with van der Waals surface area (Å²) in [4.78, 5) is 0. The summed E-state index contributed by atoms with van der Waals surface area (Å²) in [5.74, 6) is 1.85. The summed E-state index contributed by atoms with van der Waals surface area (Å²) < 4.78 is 21.0. The van der Waals surface area contributed by atoms with Gasteiger partial charge in [-0.15, -0.1) is 0 Å². The lowest BCUT2D eigenvalue weighted by molar-refractivity contribution is -0.0604. The van der Waals surface area contributed by atoms with E-state index in [2.05, 4.69) is 166 Å². The molecule has 7 atom stereocenters. The number of hydrogen-bond donors (Lipinski definition) is 1. The maximum absolute atomic E-state index is 11.8. The van der Waals surface area contributed by atoms with Crippen LogP contribution in [0.15, 0.2) is 47.6 Å². The Balaban J connectivity index is 1.84. The smallest absolute Gasteiger partial charge is 0.193 e. The standard InChI is InChI=1S/C47H88O4Si3/c1-20-47(21-2,51-54(18,19)45(10,11)12)32-23-22-25-35(3)38-29-30-39-37(26-24-31-46(38,39)13)28-27-36-33-40(49-52(14,15)43(4,5)6)42(48)41(34-36)50-53(16,17)44(7,8)9/h22-23,25,27-28,32,35,38-42,48H,20-21,24,26,29-31,33-34H2,1-19H3/b25-22+,32-23+,36-27?,37-28+/t35-,38?,39?,40-,41+,42?,46?/m1/s1. The minimum atomic E-state index is -2.09. The van der Waals surface area contributed by atoms with Crippen LogP contribution in [0.1, 0.15) is 148 Å². The molecule has 0 spiro atoms. The van der Waals surface area contributed by atoms with Crippen LogP contribution in [-0.2, 0) is 13.3 Å². The molecule has 0 heterocycles. The average Bonchev–Trinajstić information content (AvgIpc) is 3.39. The highest BCUT2D eigenvalue weighted by molar-refractivity contribution is 6.75. The van der Waals surface area contributed by atoms with Gasteiger partial charge in [-0.1, -0.05) is 138 Å². The second-order valence-electron chi connectivity index (χ2n) is 22.6. The van der Waals surface area contributed by atoms with Crippen LogP contribution in [0.4, 0.5) is 0 Å². The maximum Gasteiger partial charge on any atom is 0.193 e. The topological polar surface area (TPSA) is 47.9 Å². The molecule has 0 aromatic carbocycles. The summed E-state index contributed by atoms with van der Waals surface area (Å²) in [6.45, 7) is 44.3. The van der Waals surface area contributed by atoms with Crippen LogP contribution in [0.3, 0.4) is 0 Å². The Labute approximate surface area is 338 Å². The first-order valence-corrected chi connectivity index (χ1v) is 30.7. The first-order chi connectivity index (χ1) is 24.5. The zero-order chi connectivity index (χ0) is 41.3. The molecule has 7 heteroatoms. The molecule has 0 bridgehead atoms. The Bertz CT molecular complexity index is 1320. The molecule has 0 aromatic heterocycles. The van der Waals surface area contributed by atoms with Crippen molar-refractivity contribution in [2.75, 3.05) is 0 Å². The van der Waals surface area contributed by atoms with Gasteiger partial charge in [0.1, 0.15) is 6.10 Å². The summed E-state index contributed by atoms with van der Waals surface area (Å²) >= 11 is 0. The van der Waals surface area contributed by atoms with Gasteiger partial charge in [-0.3, -0.25) is 0 Å². The van der Waals surface area contributed by atoms with Crippen molar-refractivity contribution < 1.29 is 18.4 Å². The van der Waals surface area contributed by atoms with Crippen LogP contribution in [0.5, 0.6) is 0 Å². The van der Waals surface area contributed by atoms with Crippen molar-refractivity contribution in [2.45, 2.75) is 226 Å². The van der Waals surface area contributed by atoms with E-state index in [4.69, 9.17) is 13.3 Å². The third kappa shape index (κ3) is 10.9. The summed E-state index contributed by atoms with van der Waals surface area (Å²) in [5, 5.41) is 12.2. The summed E-state index contributed by atoms with van der Waals surface area (Å²) in [7, 11) is -6.08. The summed E-state index contributed by atoms with van der Waals surface area (Å²) in [5.41, 5.74) is 3.15. The molecule has 3 rings (SSSR count). The van der Waals surface area contributed by atoms with Crippen LogP contribution in [0.25, 0.3) is 0 Å². The molecule has 1 N–H and O–H groups in total. The highest BCUT2D eigenvalue weighted by Gasteiger charge is 2.51. The van der Waals surface area contributed by atoms with Crippen LogP contribution in [0.2, 0.25) is 54.4 Å². The normalized spacial score (nSPS) is 30.6. The zero-order valence-corrected chi connectivity index (χ0v) is 42.0. The highest BCUT2D eigenvalue weighted by atomic mass is 28.4. The van der Waals surface area contributed by atoms with Gasteiger partial charge in [0.25, 0.3) is 0 Å². The predicted molar refractivity (Wildman–Crippen MR) is 243 cm³/mol. The van der Waals surface area contributed by atoms with Gasteiger partial charge in [0.2, 0.25) is 0 Å². The van der Waals surface area contributed by atoms with Crippen LogP contribution in [-0.4, -0.2) is 54.0 Å². The van der Waals surface area contributed by atoms with Gasteiger partial charge < -0.3 is 18.4 Å². The number of allylic oxidation sites excluding steroid dienone is 6. The second kappa shape index (κ2) is 17.4. The Morgan fingerprint density at radius 3 is 1.72 bits per heavy atom. The molecule has 4 unspecified atom stereocenters. The largest absolute Gasteiger partial charge is 0.411 e. The van der Waals surface area contributed by atoms with Gasteiger partial charge in [-0.2, -0.15) is 0 Å². The molecular weight excluding hydrogens is 713 g/mol. The highest BCUT2D eigenvalue weighted by Crippen LogP contribution is 2.59. The molecule has 0 aliphatic heterocycles. The van der Waals surface area contributed by atoms with Crippen molar-refractivity contribution in [1.82, 2.24) is 0 Å². The van der Waals surface area contributed by atoms with Gasteiger partial charge >= 0.3 is 0 Å². The van der Waals surface area contributed by atoms with E-state index in [0.717, 1.165) is 25.7 Å². The molecule has 3 aliphatic rings. The molecule has 0 aromatic rings. The van der Waals surface area contributed by atoms with E-state index in [0.29, 0.717) is 23.2 Å². The molecule has 3 fully saturated rings. The van der Waals surface area contributed by atoms with E-state index in [9.17, 15) is 5.11 Å². The molecule has 4 nitrogen and oxygen atoms in total. The fourth-order valence-electron chi connectivity index (χ4n) is 8.85. The third-order valence-corrected chi connectivity index (χ3v) is 29.3. The monoisotopic (exact) mass is 801 g/mol. The molecule has 3 aliphatic carbocycles. The van der Waals surface area contributed by atoms with Gasteiger partial charge in [0.05, 0.1) is 17.8 Å². The van der Waals surface area contributed by atoms with Crippen LogP contribution >= 0.6 is 0 Å². The number of aliphatic hydroxyl groups excluding tert-OH is 1.